The summed E-state index contributed by atoms with van der Waals surface area (Å²) in [7, 11) is 1.66. The minimum atomic E-state index is -0.381. The molecule has 0 aliphatic rings. The van der Waals surface area contributed by atoms with Crippen LogP contribution in [0.25, 0.3) is 0 Å². The zero-order valence-corrected chi connectivity index (χ0v) is 13.0. The Kier molecular flexibility index (Phi) is 5.40. The molecule has 1 unspecified atom stereocenters. The van der Waals surface area contributed by atoms with Crippen LogP contribution in [0.1, 0.15) is 23.4 Å². The molecule has 0 saturated heterocycles. The van der Waals surface area contributed by atoms with E-state index in [2.05, 4.69) is 12.2 Å². The average molecular weight is 314 g/mol. The second-order valence-corrected chi connectivity index (χ2v) is 5.80. The standard InChI is InChI=1S/C15H17ClFNOS/c1-3-18-14(15-8-11(19-2)9-20-15)7-10-4-5-13(17)12(16)6-10/h4-6,8-9,14,18H,3,7H2,1-2H3. The van der Waals surface area contributed by atoms with Crippen molar-refractivity contribution < 1.29 is 9.13 Å². The van der Waals surface area contributed by atoms with Crippen molar-refractivity contribution in [2.45, 2.75) is 19.4 Å². The maximum atomic E-state index is 13.2. The number of methoxy groups -OCH3 is 1. The van der Waals surface area contributed by atoms with Gasteiger partial charge in [-0.1, -0.05) is 24.6 Å². The van der Waals surface area contributed by atoms with Crippen LogP contribution in [0.4, 0.5) is 4.39 Å². The predicted octanol–water partition coefficient (Wildman–Crippen LogP) is 4.44. The summed E-state index contributed by atoms with van der Waals surface area (Å²) in [6.07, 6.45) is 0.761. The smallest absolute Gasteiger partial charge is 0.141 e. The van der Waals surface area contributed by atoms with Gasteiger partial charge in [-0.2, -0.15) is 0 Å². The zero-order valence-electron chi connectivity index (χ0n) is 11.5. The summed E-state index contributed by atoms with van der Waals surface area (Å²) in [4.78, 5) is 1.20. The summed E-state index contributed by atoms with van der Waals surface area (Å²) < 4.78 is 18.4. The van der Waals surface area contributed by atoms with Gasteiger partial charge in [0, 0.05) is 16.3 Å². The SMILES string of the molecule is CCNC(Cc1ccc(F)c(Cl)c1)c1cc(OC)cs1. The number of benzene rings is 1. The van der Waals surface area contributed by atoms with Crippen LogP contribution in [0.3, 0.4) is 0 Å². The molecular formula is C15H17ClFNOS. The molecule has 0 aliphatic heterocycles. The Morgan fingerprint density at radius 3 is 2.80 bits per heavy atom. The number of thiophene rings is 1. The van der Waals surface area contributed by atoms with Crippen LogP contribution in [-0.2, 0) is 6.42 Å². The normalized spacial score (nSPS) is 12.4. The van der Waals surface area contributed by atoms with Gasteiger partial charge in [0.15, 0.2) is 0 Å². The molecule has 108 valence electrons. The first-order chi connectivity index (χ1) is 9.63. The van der Waals surface area contributed by atoms with Crippen LogP contribution in [0.2, 0.25) is 5.02 Å². The van der Waals surface area contributed by atoms with Crippen LogP contribution < -0.4 is 10.1 Å². The van der Waals surface area contributed by atoms with Crippen LogP contribution in [0.15, 0.2) is 29.6 Å². The molecule has 5 heteroatoms. The maximum absolute atomic E-state index is 13.2. The Hall–Kier alpha value is -1.10. The highest BCUT2D eigenvalue weighted by atomic mass is 35.5. The summed E-state index contributed by atoms with van der Waals surface area (Å²) in [5.41, 5.74) is 1.01. The van der Waals surface area contributed by atoms with Crippen LogP contribution >= 0.6 is 22.9 Å². The third-order valence-corrected chi connectivity index (χ3v) is 4.36. The van der Waals surface area contributed by atoms with Gasteiger partial charge in [0.1, 0.15) is 11.6 Å². The topological polar surface area (TPSA) is 21.3 Å². The molecule has 1 N–H and O–H groups in total. The second-order valence-electron chi connectivity index (χ2n) is 4.45. The molecule has 1 atom stereocenters. The van der Waals surface area contributed by atoms with E-state index in [-0.39, 0.29) is 16.9 Å². The van der Waals surface area contributed by atoms with Gasteiger partial charge in [0.25, 0.3) is 0 Å². The fourth-order valence-corrected chi connectivity index (χ4v) is 3.18. The zero-order chi connectivity index (χ0) is 14.5. The Morgan fingerprint density at radius 2 is 2.20 bits per heavy atom. The number of ether oxygens (including phenoxy) is 1. The van der Waals surface area contributed by atoms with E-state index in [0.29, 0.717) is 0 Å². The van der Waals surface area contributed by atoms with Crippen molar-refractivity contribution in [3.8, 4) is 5.75 Å². The molecule has 2 rings (SSSR count). The summed E-state index contributed by atoms with van der Waals surface area (Å²) in [5.74, 6) is 0.484. The number of likely N-dealkylation sites (N-methyl/N-ethyl adjacent to an activating group) is 1. The number of hydrogen-bond donors (Lipinski definition) is 1. The van der Waals surface area contributed by atoms with Crippen LogP contribution in [0, 0.1) is 5.82 Å². The van der Waals surface area contributed by atoms with Crippen LogP contribution in [-0.4, -0.2) is 13.7 Å². The Labute approximate surface area is 127 Å². The van der Waals surface area contributed by atoms with E-state index >= 15 is 0 Å². The summed E-state index contributed by atoms with van der Waals surface area (Å²) >= 11 is 7.49. The molecule has 0 spiro atoms. The molecular weight excluding hydrogens is 297 g/mol. The molecule has 2 nitrogen and oxygen atoms in total. The Bertz CT molecular complexity index is 573. The first kappa shape index (κ1) is 15.3. The molecule has 1 aromatic heterocycles. The molecule has 0 bridgehead atoms. The van der Waals surface area contributed by atoms with Gasteiger partial charge in [-0.15, -0.1) is 11.3 Å². The summed E-state index contributed by atoms with van der Waals surface area (Å²) in [5, 5.41) is 5.59. The van der Waals surface area contributed by atoms with Crippen molar-refractivity contribution in [1.29, 1.82) is 0 Å². The molecule has 1 aromatic carbocycles. The van der Waals surface area contributed by atoms with Gasteiger partial charge in [-0.3, -0.25) is 0 Å². The van der Waals surface area contributed by atoms with Crippen molar-refractivity contribution in [3.05, 3.63) is 50.9 Å². The fourth-order valence-electron chi connectivity index (χ4n) is 2.05. The lowest BCUT2D eigenvalue weighted by Gasteiger charge is -2.16. The largest absolute Gasteiger partial charge is 0.496 e. The first-order valence-electron chi connectivity index (χ1n) is 6.43. The van der Waals surface area contributed by atoms with E-state index in [1.54, 1.807) is 30.6 Å². The second kappa shape index (κ2) is 7.07. The highest BCUT2D eigenvalue weighted by Crippen LogP contribution is 2.29. The lowest BCUT2D eigenvalue weighted by molar-refractivity contribution is 0.415. The Balaban J connectivity index is 2.18. The maximum Gasteiger partial charge on any atom is 0.141 e. The monoisotopic (exact) mass is 313 g/mol. The molecule has 0 radical (unpaired) electrons. The van der Waals surface area contributed by atoms with E-state index in [1.165, 1.54) is 10.9 Å². The average Bonchev–Trinajstić information content (AvgIpc) is 2.91. The quantitative estimate of drug-likeness (QED) is 0.851. The molecule has 0 saturated carbocycles. The summed E-state index contributed by atoms with van der Waals surface area (Å²) in [6, 6.07) is 7.08. The van der Waals surface area contributed by atoms with Gasteiger partial charge in [-0.25, -0.2) is 4.39 Å². The molecule has 0 aliphatic carbocycles. The van der Waals surface area contributed by atoms with E-state index in [1.807, 2.05) is 11.4 Å². The molecule has 1 heterocycles. The van der Waals surface area contributed by atoms with Gasteiger partial charge in [-0.05, 0) is 36.7 Å². The van der Waals surface area contributed by atoms with Gasteiger partial charge >= 0.3 is 0 Å². The van der Waals surface area contributed by atoms with E-state index in [9.17, 15) is 4.39 Å². The molecule has 0 amide bonds. The highest BCUT2D eigenvalue weighted by Gasteiger charge is 2.15. The molecule has 20 heavy (non-hydrogen) atoms. The minimum absolute atomic E-state index is 0.168. The number of nitrogens with one attached hydrogen (secondary N) is 1. The number of halogens is 2. The highest BCUT2D eigenvalue weighted by molar-refractivity contribution is 7.10. The third-order valence-electron chi connectivity index (χ3n) is 3.05. The van der Waals surface area contributed by atoms with Gasteiger partial charge < -0.3 is 10.1 Å². The third kappa shape index (κ3) is 3.72. The van der Waals surface area contributed by atoms with Crippen molar-refractivity contribution >= 4 is 22.9 Å². The predicted molar refractivity (Wildman–Crippen MR) is 82.4 cm³/mol. The van der Waals surface area contributed by atoms with Crippen molar-refractivity contribution in [2.75, 3.05) is 13.7 Å². The van der Waals surface area contributed by atoms with Gasteiger partial charge in [0.2, 0.25) is 0 Å². The van der Waals surface area contributed by atoms with Crippen molar-refractivity contribution in [3.63, 3.8) is 0 Å². The van der Waals surface area contributed by atoms with Crippen molar-refractivity contribution in [1.82, 2.24) is 5.32 Å². The van der Waals surface area contributed by atoms with E-state index in [4.69, 9.17) is 16.3 Å². The Morgan fingerprint density at radius 1 is 1.40 bits per heavy atom. The van der Waals surface area contributed by atoms with E-state index < -0.39 is 0 Å². The summed E-state index contributed by atoms with van der Waals surface area (Å²) in [6.45, 7) is 2.93. The van der Waals surface area contributed by atoms with Crippen molar-refractivity contribution in [2.24, 2.45) is 0 Å². The minimum Gasteiger partial charge on any atom is -0.496 e. The molecule has 0 fully saturated rings. The van der Waals surface area contributed by atoms with Crippen LogP contribution in [0.5, 0.6) is 5.75 Å². The van der Waals surface area contributed by atoms with E-state index in [0.717, 1.165) is 24.3 Å². The number of rotatable bonds is 6. The number of hydrogen-bond acceptors (Lipinski definition) is 3. The molecule has 2 aromatic rings. The fraction of sp³-hybridized carbons (Fsp3) is 0.333. The first-order valence-corrected chi connectivity index (χ1v) is 7.69. The lowest BCUT2D eigenvalue weighted by Crippen LogP contribution is -2.22. The van der Waals surface area contributed by atoms with Gasteiger partial charge in [0.05, 0.1) is 12.1 Å². The lowest BCUT2D eigenvalue weighted by atomic mass is 10.0.